The Kier molecular flexibility index (Phi) is 3.86. The minimum absolute atomic E-state index is 0.135. The molecule has 1 N–H and O–H groups in total. The van der Waals surface area contributed by atoms with Crippen LogP contribution in [0, 0.1) is 5.92 Å². The Balaban J connectivity index is 2.27. The second kappa shape index (κ2) is 5.38. The lowest BCUT2D eigenvalue weighted by molar-refractivity contribution is 0.237. The third-order valence-corrected chi connectivity index (χ3v) is 3.79. The van der Waals surface area contributed by atoms with E-state index >= 15 is 0 Å². The van der Waals surface area contributed by atoms with Crippen molar-refractivity contribution >= 4 is 11.3 Å². The van der Waals surface area contributed by atoms with Crippen LogP contribution in [0.3, 0.4) is 0 Å². The van der Waals surface area contributed by atoms with Gasteiger partial charge in [0.05, 0.1) is 17.3 Å². The van der Waals surface area contributed by atoms with Crippen LogP contribution in [-0.4, -0.2) is 21.7 Å². The van der Waals surface area contributed by atoms with E-state index in [1.165, 1.54) is 0 Å². The van der Waals surface area contributed by atoms with Gasteiger partial charge in [0.2, 0.25) is 0 Å². The molecule has 4 heteroatoms. The van der Waals surface area contributed by atoms with Crippen molar-refractivity contribution in [2.24, 2.45) is 5.92 Å². The number of hydrogen-bond acceptors (Lipinski definition) is 4. The van der Waals surface area contributed by atoms with E-state index in [1.807, 2.05) is 17.5 Å². The maximum absolute atomic E-state index is 9.39. The largest absolute Gasteiger partial charge is 0.396 e. The number of rotatable bonds is 4. The standard InChI is InChI=1S/C13H16N2OS/c1-9(2)11(7-16)13-15-12(8-17-13)10-3-5-14-6-4-10/h3-6,8-9,11,16H,7H2,1-2H3. The second-order valence-electron chi connectivity index (χ2n) is 4.34. The van der Waals surface area contributed by atoms with Crippen LogP contribution in [0.15, 0.2) is 29.9 Å². The summed E-state index contributed by atoms with van der Waals surface area (Å²) in [6, 6.07) is 3.89. The van der Waals surface area contributed by atoms with Crippen molar-refractivity contribution in [2.75, 3.05) is 6.61 Å². The molecule has 0 aromatic carbocycles. The number of hydrogen-bond donors (Lipinski definition) is 1. The van der Waals surface area contributed by atoms with Crippen LogP contribution in [0.5, 0.6) is 0 Å². The van der Waals surface area contributed by atoms with E-state index in [-0.39, 0.29) is 12.5 Å². The molecular weight excluding hydrogens is 232 g/mol. The van der Waals surface area contributed by atoms with E-state index in [0.29, 0.717) is 5.92 Å². The van der Waals surface area contributed by atoms with E-state index < -0.39 is 0 Å². The van der Waals surface area contributed by atoms with Gasteiger partial charge in [-0.1, -0.05) is 13.8 Å². The van der Waals surface area contributed by atoms with Crippen molar-refractivity contribution in [2.45, 2.75) is 19.8 Å². The molecule has 2 aromatic rings. The third kappa shape index (κ3) is 2.70. The van der Waals surface area contributed by atoms with Crippen LogP contribution >= 0.6 is 11.3 Å². The van der Waals surface area contributed by atoms with Gasteiger partial charge in [-0.15, -0.1) is 11.3 Å². The molecule has 0 radical (unpaired) electrons. The highest BCUT2D eigenvalue weighted by molar-refractivity contribution is 7.10. The summed E-state index contributed by atoms with van der Waals surface area (Å²) in [6.07, 6.45) is 3.53. The molecule has 0 bridgehead atoms. The normalized spacial score (nSPS) is 12.9. The Labute approximate surface area is 105 Å². The minimum Gasteiger partial charge on any atom is -0.396 e. The fraction of sp³-hybridized carbons (Fsp3) is 0.385. The first-order chi connectivity index (χ1) is 8.22. The number of aromatic nitrogens is 2. The van der Waals surface area contributed by atoms with Gasteiger partial charge >= 0.3 is 0 Å². The Morgan fingerprint density at radius 2 is 2.00 bits per heavy atom. The van der Waals surface area contributed by atoms with Crippen molar-refractivity contribution < 1.29 is 5.11 Å². The lowest BCUT2D eigenvalue weighted by Gasteiger charge is -2.14. The highest BCUT2D eigenvalue weighted by Gasteiger charge is 2.18. The maximum atomic E-state index is 9.39. The second-order valence-corrected chi connectivity index (χ2v) is 5.23. The number of pyridine rings is 1. The molecule has 1 unspecified atom stereocenters. The highest BCUT2D eigenvalue weighted by atomic mass is 32.1. The van der Waals surface area contributed by atoms with Crippen LogP contribution in [0.2, 0.25) is 0 Å². The molecular formula is C13H16N2OS. The van der Waals surface area contributed by atoms with E-state index in [9.17, 15) is 5.11 Å². The van der Waals surface area contributed by atoms with E-state index in [2.05, 4.69) is 23.8 Å². The summed E-state index contributed by atoms with van der Waals surface area (Å²) >= 11 is 1.61. The summed E-state index contributed by atoms with van der Waals surface area (Å²) in [5, 5.41) is 12.4. The molecule has 2 rings (SSSR count). The van der Waals surface area contributed by atoms with E-state index in [0.717, 1.165) is 16.3 Å². The number of aliphatic hydroxyl groups excluding tert-OH is 1. The first-order valence-corrected chi connectivity index (χ1v) is 6.57. The predicted octanol–water partition coefficient (Wildman–Crippen LogP) is 2.94. The van der Waals surface area contributed by atoms with Gasteiger partial charge in [0.25, 0.3) is 0 Å². The van der Waals surface area contributed by atoms with Gasteiger partial charge in [0, 0.05) is 29.3 Å². The molecule has 0 amide bonds. The fourth-order valence-corrected chi connectivity index (χ4v) is 2.78. The number of aliphatic hydroxyl groups is 1. The average Bonchev–Trinajstić information content (AvgIpc) is 2.80. The zero-order valence-electron chi connectivity index (χ0n) is 10.00. The zero-order chi connectivity index (χ0) is 12.3. The molecule has 90 valence electrons. The van der Waals surface area contributed by atoms with Crippen LogP contribution in [0.25, 0.3) is 11.3 Å². The van der Waals surface area contributed by atoms with Gasteiger partial charge in [0.1, 0.15) is 0 Å². The van der Waals surface area contributed by atoms with Gasteiger partial charge in [-0.3, -0.25) is 4.98 Å². The monoisotopic (exact) mass is 248 g/mol. The first-order valence-electron chi connectivity index (χ1n) is 5.69. The van der Waals surface area contributed by atoms with Crippen molar-refractivity contribution in [1.82, 2.24) is 9.97 Å². The van der Waals surface area contributed by atoms with Crippen LogP contribution < -0.4 is 0 Å². The lowest BCUT2D eigenvalue weighted by Crippen LogP contribution is -2.10. The van der Waals surface area contributed by atoms with Crippen molar-refractivity contribution in [3.63, 3.8) is 0 Å². The Bertz CT molecular complexity index is 467. The summed E-state index contributed by atoms with van der Waals surface area (Å²) < 4.78 is 0. The Hall–Kier alpha value is -1.26. The zero-order valence-corrected chi connectivity index (χ0v) is 10.8. The lowest BCUT2D eigenvalue weighted by atomic mass is 9.98. The summed E-state index contributed by atoms with van der Waals surface area (Å²) in [5.41, 5.74) is 2.04. The minimum atomic E-state index is 0.135. The SMILES string of the molecule is CC(C)C(CO)c1nc(-c2ccncc2)cs1. The molecule has 0 fully saturated rings. The fourth-order valence-electron chi connectivity index (χ4n) is 1.69. The van der Waals surface area contributed by atoms with Crippen molar-refractivity contribution in [3.05, 3.63) is 34.9 Å². The van der Waals surface area contributed by atoms with Crippen LogP contribution in [0.4, 0.5) is 0 Å². The predicted molar refractivity (Wildman–Crippen MR) is 70.0 cm³/mol. The molecule has 0 aliphatic rings. The van der Waals surface area contributed by atoms with Gasteiger partial charge in [-0.2, -0.15) is 0 Å². The Morgan fingerprint density at radius 3 is 2.59 bits per heavy atom. The van der Waals surface area contributed by atoms with Gasteiger partial charge < -0.3 is 5.11 Å². The summed E-state index contributed by atoms with van der Waals surface area (Å²) in [6.45, 7) is 4.36. The number of nitrogens with zero attached hydrogens (tertiary/aromatic N) is 2. The van der Waals surface area contributed by atoms with Crippen LogP contribution in [-0.2, 0) is 0 Å². The summed E-state index contributed by atoms with van der Waals surface area (Å²) in [4.78, 5) is 8.60. The molecule has 0 aliphatic heterocycles. The van der Waals surface area contributed by atoms with Gasteiger partial charge in [0.15, 0.2) is 0 Å². The molecule has 2 aromatic heterocycles. The van der Waals surface area contributed by atoms with Gasteiger partial charge in [-0.25, -0.2) is 4.98 Å². The smallest absolute Gasteiger partial charge is 0.0989 e. The van der Waals surface area contributed by atoms with Crippen molar-refractivity contribution in [1.29, 1.82) is 0 Å². The topological polar surface area (TPSA) is 46.0 Å². The van der Waals surface area contributed by atoms with Crippen LogP contribution in [0.1, 0.15) is 24.8 Å². The molecule has 0 saturated heterocycles. The molecule has 0 aliphatic carbocycles. The quantitative estimate of drug-likeness (QED) is 0.905. The van der Waals surface area contributed by atoms with E-state index in [4.69, 9.17) is 0 Å². The number of thiazole rings is 1. The summed E-state index contributed by atoms with van der Waals surface area (Å²) in [7, 11) is 0. The molecule has 3 nitrogen and oxygen atoms in total. The first kappa shape index (κ1) is 12.2. The average molecular weight is 248 g/mol. The maximum Gasteiger partial charge on any atom is 0.0989 e. The molecule has 17 heavy (non-hydrogen) atoms. The van der Waals surface area contributed by atoms with Crippen molar-refractivity contribution in [3.8, 4) is 11.3 Å². The highest BCUT2D eigenvalue weighted by Crippen LogP contribution is 2.30. The van der Waals surface area contributed by atoms with E-state index in [1.54, 1.807) is 23.7 Å². The third-order valence-electron chi connectivity index (χ3n) is 2.82. The van der Waals surface area contributed by atoms with Gasteiger partial charge in [-0.05, 0) is 18.1 Å². The molecule has 0 saturated carbocycles. The summed E-state index contributed by atoms with van der Waals surface area (Å²) in [5.74, 6) is 0.534. The molecule has 0 spiro atoms. The molecule has 1 atom stereocenters. The molecule has 2 heterocycles. The Morgan fingerprint density at radius 1 is 1.29 bits per heavy atom.